The molecule has 144 valence electrons. The van der Waals surface area contributed by atoms with E-state index in [0.29, 0.717) is 37.3 Å². The average molecular weight is 391 g/mol. The Balaban J connectivity index is 1.76. The van der Waals surface area contributed by atoms with Crippen LogP contribution in [0.4, 0.5) is 4.39 Å². The van der Waals surface area contributed by atoms with E-state index in [0.717, 1.165) is 0 Å². The van der Waals surface area contributed by atoms with Crippen molar-refractivity contribution in [2.24, 2.45) is 5.92 Å². The van der Waals surface area contributed by atoms with Crippen molar-refractivity contribution in [2.75, 3.05) is 19.7 Å². The molecule has 0 aromatic heterocycles. The highest BCUT2D eigenvalue weighted by Gasteiger charge is 2.33. The molecule has 0 N–H and O–H groups in total. The van der Waals surface area contributed by atoms with Crippen molar-refractivity contribution in [3.8, 4) is 5.75 Å². The highest BCUT2D eigenvalue weighted by atomic mass is 32.2. The van der Waals surface area contributed by atoms with E-state index in [4.69, 9.17) is 4.74 Å². The lowest BCUT2D eigenvalue weighted by molar-refractivity contribution is 0.0872. The van der Waals surface area contributed by atoms with E-state index in [9.17, 15) is 17.6 Å². The second-order valence-electron chi connectivity index (χ2n) is 6.48. The first kappa shape index (κ1) is 19.5. The normalized spacial score (nSPS) is 18.2. The smallest absolute Gasteiger partial charge is 0.243 e. The van der Waals surface area contributed by atoms with Crippen molar-refractivity contribution in [2.45, 2.75) is 24.7 Å². The third-order valence-electron chi connectivity index (χ3n) is 4.66. The molecule has 2 aromatic rings. The Morgan fingerprint density at radius 1 is 1.15 bits per heavy atom. The number of carbonyl (C=O) groups excluding carboxylic acids is 1. The van der Waals surface area contributed by atoms with Crippen molar-refractivity contribution < 1.29 is 22.3 Å². The number of halogens is 1. The fourth-order valence-corrected chi connectivity index (χ4v) is 4.77. The number of ketones is 1. The molecule has 5 nitrogen and oxygen atoms in total. The van der Waals surface area contributed by atoms with Crippen LogP contribution >= 0.6 is 0 Å². The van der Waals surface area contributed by atoms with Gasteiger partial charge < -0.3 is 4.74 Å². The Morgan fingerprint density at radius 3 is 2.44 bits per heavy atom. The predicted molar refractivity (Wildman–Crippen MR) is 99.8 cm³/mol. The Morgan fingerprint density at radius 2 is 1.81 bits per heavy atom. The molecule has 1 aliphatic rings. The van der Waals surface area contributed by atoms with Crippen LogP contribution in [-0.4, -0.2) is 38.2 Å². The van der Waals surface area contributed by atoms with Gasteiger partial charge in [0.2, 0.25) is 10.0 Å². The van der Waals surface area contributed by atoms with Crippen LogP contribution < -0.4 is 4.74 Å². The highest BCUT2D eigenvalue weighted by molar-refractivity contribution is 7.89. The molecule has 7 heteroatoms. The number of rotatable bonds is 6. The lowest BCUT2D eigenvalue weighted by Gasteiger charge is -2.31. The Kier molecular flexibility index (Phi) is 5.92. The Bertz CT molecular complexity index is 895. The Labute approximate surface area is 158 Å². The van der Waals surface area contributed by atoms with Crippen LogP contribution in [0.3, 0.4) is 0 Å². The maximum absolute atomic E-state index is 13.1. The lowest BCUT2D eigenvalue weighted by Crippen LogP contribution is -2.42. The van der Waals surface area contributed by atoms with Crippen LogP contribution in [0, 0.1) is 11.7 Å². The first-order valence-corrected chi connectivity index (χ1v) is 10.4. The van der Waals surface area contributed by atoms with Gasteiger partial charge in [-0.2, -0.15) is 4.31 Å². The van der Waals surface area contributed by atoms with Gasteiger partial charge in [0.05, 0.1) is 11.5 Å². The minimum absolute atomic E-state index is 0.131. The highest BCUT2D eigenvalue weighted by Crippen LogP contribution is 2.27. The summed E-state index contributed by atoms with van der Waals surface area (Å²) in [4.78, 5) is 12.9. The topological polar surface area (TPSA) is 63.7 Å². The van der Waals surface area contributed by atoms with E-state index in [1.54, 1.807) is 12.1 Å². The Hall–Kier alpha value is -2.25. The predicted octanol–water partition coefficient (Wildman–Crippen LogP) is 3.51. The molecule has 0 radical (unpaired) electrons. The summed E-state index contributed by atoms with van der Waals surface area (Å²) < 4.78 is 45.6. The van der Waals surface area contributed by atoms with Gasteiger partial charge in [0.15, 0.2) is 5.78 Å². The molecule has 1 heterocycles. The number of Topliss-reactive ketones (excluding diaryl/α,β-unsaturated/α-hetero) is 1. The lowest BCUT2D eigenvalue weighted by atomic mass is 9.91. The third-order valence-corrected chi connectivity index (χ3v) is 6.54. The number of piperidine rings is 1. The minimum atomic E-state index is -3.68. The average Bonchev–Trinajstić information content (AvgIpc) is 2.69. The van der Waals surface area contributed by atoms with E-state index in [2.05, 4.69) is 0 Å². The summed E-state index contributed by atoms with van der Waals surface area (Å²) in [5.74, 6) is -0.377. The van der Waals surface area contributed by atoms with Crippen molar-refractivity contribution >= 4 is 15.8 Å². The molecule has 1 saturated heterocycles. The zero-order valence-corrected chi connectivity index (χ0v) is 15.9. The van der Waals surface area contributed by atoms with Crippen LogP contribution in [0.1, 0.15) is 30.1 Å². The van der Waals surface area contributed by atoms with E-state index in [1.165, 1.54) is 40.7 Å². The molecule has 1 unspecified atom stereocenters. The van der Waals surface area contributed by atoms with Crippen molar-refractivity contribution in [3.05, 3.63) is 59.9 Å². The van der Waals surface area contributed by atoms with Crippen LogP contribution in [-0.2, 0) is 10.0 Å². The standard InChI is InChI=1S/C20H22FNO4S/c1-2-26-18-9-11-19(12-10-18)27(24,25)22-13-3-4-16(14-22)20(23)15-5-7-17(21)8-6-15/h5-12,16H,2-4,13-14H2,1H3. The quantitative estimate of drug-likeness (QED) is 0.707. The first-order chi connectivity index (χ1) is 12.9. The summed E-state index contributed by atoms with van der Waals surface area (Å²) in [6.45, 7) is 2.87. The van der Waals surface area contributed by atoms with E-state index in [1.807, 2.05) is 6.92 Å². The van der Waals surface area contributed by atoms with Crippen LogP contribution in [0.2, 0.25) is 0 Å². The fourth-order valence-electron chi connectivity index (χ4n) is 3.25. The van der Waals surface area contributed by atoms with Gasteiger partial charge in [-0.05, 0) is 68.3 Å². The fraction of sp³-hybridized carbons (Fsp3) is 0.350. The van der Waals surface area contributed by atoms with E-state index >= 15 is 0 Å². The SMILES string of the molecule is CCOc1ccc(S(=O)(=O)N2CCCC(C(=O)c3ccc(F)cc3)C2)cc1. The van der Waals surface area contributed by atoms with Crippen LogP contribution in [0.25, 0.3) is 0 Å². The molecule has 0 spiro atoms. The largest absolute Gasteiger partial charge is 0.494 e. The van der Waals surface area contributed by atoms with E-state index < -0.39 is 21.8 Å². The molecular weight excluding hydrogens is 369 g/mol. The molecule has 0 amide bonds. The third kappa shape index (κ3) is 4.36. The molecule has 0 saturated carbocycles. The van der Waals surface area contributed by atoms with Gasteiger partial charge in [0.1, 0.15) is 11.6 Å². The van der Waals surface area contributed by atoms with Crippen molar-refractivity contribution in [3.63, 3.8) is 0 Å². The zero-order valence-electron chi connectivity index (χ0n) is 15.1. The number of ether oxygens (including phenoxy) is 1. The molecule has 1 aliphatic heterocycles. The number of sulfonamides is 1. The van der Waals surface area contributed by atoms with Gasteiger partial charge in [-0.3, -0.25) is 4.79 Å². The van der Waals surface area contributed by atoms with Crippen molar-refractivity contribution in [1.82, 2.24) is 4.31 Å². The number of hydrogen-bond donors (Lipinski definition) is 0. The molecule has 2 aromatic carbocycles. The van der Waals surface area contributed by atoms with Gasteiger partial charge in [-0.15, -0.1) is 0 Å². The number of nitrogens with zero attached hydrogens (tertiary/aromatic N) is 1. The van der Waals surface area contributed by atoms with Crippen LogP contribution in [0.5, 0.6) is 5.75 Å². The first-order valence-electron chi connectivity index (χ1n) is 8.94. The second-order valence-corrected chi connectivity index (χ2v) is 8.42. The van der Waals surface area contributed by atoms with Gasteiger partial charge in [0.25, 0.3) is 0 Å². The van der Waals surface area contributed by atoms with Gasteiger partial charge in [-0.25, -0.2) is 12.8 Å². The minimum Gasteiger partial charge on any atom is -0.494 e. The molecule has 0 aliphatic carbocycles. The van der Waals surface area contributed by atoms with Gasteiger partial charge >= 0.3 is 0 Å². The molecule has 1 atom stereocenters. The summed E-state index contributed by atoms with van der Waals surface area (Å²) in [5.41, 5.74) is 0.404. The number of benzene rings is 2. The molecule has 1 fully saturated rings. The summed E-state index contributed by atoms with van der Waals surface area (Å²) in [6, 6.07) is 11.7. The number of carbonyl (C=O) groups is 1. The zero-order chi connectivity index (χ0) is 19.4. The second kappa shape index (κ2) is 8.19. The molecule has 0 bridgehead atoms. The van der Waals surface area contributed by atoms with Gasteiger partial charge in [0, 0.05) is 24.6 Å². The number of hydrogen-bond acceptors (Lipinski definition) is 4. The molecule has 3 rings (SSSR count). The van der Waals surface area contributed by atoms with Crippen LogP contribution in [0.15, 0.2) is 53.4 Å². The van der Waals surface area contributed by atoms with Crippen molar-refractivity contribution in [1.29, 1.82) is 0 Å². The maximum atomic E-state index is 13.1. The summed E-state index contributed by atoms with van der Waals surface area (Å²) in [7, 11) is -3.68. The van der Waals surface area contributed by atoms with Gasteiger partial charge in [-0.1, -0.05) is 0 Å². The summed E-state index contributed by atoms with van der Waals surface area (Å²) in [6.07, 6.45) is 1.22. The maximum Gasteiger partial charge on any atom is 0.243 e. The van der Waals surface area contributed by atoms with E-state index in [-0.39, 0.29) is 17.2 Å². The summed E-state index contributed by atoms with van der Waals surface area (Å²) >= 11 is 0. The molecule has 27 heavy (non-hydrogen) atoms. The summed E-state index contributed by atoms with van der Waals surface area (Å²) in [5, 5.41) is 0. The monoisotopic (exact) mass is 391 g/mol. The molecular formula is C20H22FNO4S.